The Kier molecular flexibility index (Phi) is 5.72. The van der Waals surface area contributed by atoms with Crippen molar-refractivity contribution in [2.45, 2.75) is 77.8 Å². The zero-order valence-corrected chi connectivity index (χ0v) is 14.6. The number of aliphatic hydroxyl groups excluding tert-OH is 1. The van der Waals surface area contributed by atoms with E-state index in [9.17, 15) is 5.11 Å². The highest BCUT2D eigenvalue weighted by Crippen LogP contribution is 2.38. The zero-order valence-electron chi connectivity index (χ0n) is 14.6. The molecular weight excluding hydrogens is 260 g/mol. The molecule has 2 rings (SSSR count). The van der Waals surface area contributed by atoms with Crippen molar-refractivity contribution in [1.82, 2.24) is 10.2 Å². The molecule has 124 valence electrons. The van der Waals surface area contributed by atoms with Crippen LogP contribution in [0.25, 0.3) is 0 Å². The van der Waals surface area contributed by atoms with Gasteiger partial charge < -0.3 is 15.3 Å². The first-order valence-corrected chi connectivity index (χ1v) is 8.98. The molecule has 3 nitrogen and oxygen atoms in total. The summed E-state index contributed by atoms with van der Waals surface area (Å²) in [7, 11) is 0. The lowest BCUT2D eigenvalue weighted by molar-refractivity contribution is 0.0889. The summed E-state index contributed by atoms with van der Waals surface area (Å²) in [6.07, 6.45) is 7.57. The molecule has 1 saturated heterocycles. The van der Waals surface area contributed by atoms with Crippen molar-refractivity contribution in [2.24, 2.45) is 11.3 Å². The highest BCUT2D eigenvalue weighted by Gasteiger charge is 2.42. The second-order valence-electron chi connectivity index (χ2n) is 8.50. The number of aliphatic hydroxyl groups is 1. The van der Waals surface area contributed by atoms with Crippen LogP contribution in [-0.2, 0) is 0 Å². The zero-order chi connectivity index (χ0) is 15.5. The van der Waals surface area contributed by atoms with Crippen molar-refractivity contribution >= 4 is 0 Å². The first kappa shape index (κ1) is 17.2. The van der Waals surface area contributed by atoms with Crippen molar-refractivity contribution in [3.63, 3.8) is 0 Å². The van der Waals surface area contributed by atoms with Gasteiger partial charge in [0.05, 0.1) is 6.61 Å². The largest absolute Gasteiger partial charge is 0.394 e. The van der Waals surface area contributed by atoms with E-state index in [4.69, 9.17) is 0 Å². The summed E-state index contributed by atoms with van der Waals surface area (Å²) in [5.41, 5.74) is 0.529. The van der Waals surface area contributed by atoms with Crippen molar-refractivity contribution in [1.29, 1.82) is 0 Å². The molecule has 0 aromatic heterocycles. The monoisotopic (exact) mass is 296 g/mol. The van der Waals surface area contributed by atoms with Crippen molar-refractivity contribution in [3.8, 4) is 0 Å². The van der Waals surface area contributed by atoms with Gasteiger partial charge in [-0.15, -0.1) is 0 Å². The number of piperidine rings is 1. The molecule has 1 heterocycles. The molecule has 0 amide bonds. The fourth-order valence-electron chi connectivity index (χ4n) is 4.30. The van der Waals surface area contributed by atoms with Gasteiger partial charge in [-0.05, 0) is 63.1 Å². The van der Waals surface area contributed by atoms with Gasteiger partial charge in [0.1, 0.15) is 0 Å². The summed E-state index contributed by atoms with van der Waals surface area (Å²) in [5.74, 6) is 0.639. The smallest absolute Gasteiger partial charge is 0.0616 e. The van der Waals surface area contributed by atoms with Crippen molar-refractivity contribution < 1.29 is 5.11 Å². The molecule has 0 radical (unpaired) electrons. The van der Waals surface area contributed by atoms with Gasteiger partial charge in [-0.25, -0.2) is 0 Å². The number of hydrogen-bond donors (Lipinski definition) is 2. The fraction of sp³-hybridized carbons (Fsp3) is 1.00. The van der Waals surface area contributed by atoms with E-state index in [-0.39, 0.29) is 5.54 Å². The second-order valence-corrected chi connectivity index (χ2v) is 8.50. The van der Waals surface area contributed by atoms with Crippen LogP contribution in [0.5, 0.6) is 0 Å². The first-order valence-electron chi connectivity index (χ1n) is 8.98. The van der Waals surface area contributed by atoms with E-state index in [2.05, 4.69) is 37.9 Å². The van der Waals surface area contributed by atoms with Gasteiger partial charge in [-0.2, -0.15) is 0 Å². The molecule has 0 aromatic rings. The molecular formula is C18H36N2O. The minimum absolute atomic E-state index is 0.0107. The highest BCUT2D eigenvalue weighted by molar-refractivity contribution is 5.00. The lowest BCUT2D eigenvalue weighted by Gasteiger charge is -2.40. The number of likely N-dealkylation sites (tertiary alicyclic amines) is 1. The Labute approximate surface area is 131 Å². The third-order valence-electron chi connectivity index (χ3n) is 5.82. The Balaban J connectivity index is 1.84. The SMILES string of the molecule is CC(C)NC1(CO)CCCC1CCN1CCC(C)(C)CC1. The third kappa shape index (κ3) is 4.43. The van der Waals surface area contributed by atoms with Crippen LogP contribution in [0, 0.1) is 11.3 Å². The number of nitrogens with one attached hydrogen (secondary N) is 1. The normalized spacial score (nSPS) is 33.7. The lowest BCUT2D eigenvalue weighted by atomic mass is 9.81. The van der Waals surface area contributed by atoms with Crippen LogP contribution >= 0.6 is 0 Å². The number of rotatable bonds is 6. The van der Waals surface area contributed by atoms with Gasteiger partial charge in [0.15, 0.2) is 0 Å². The Morgan fingerprint density at radius 1 is 1.19 bits per heavy atom. The summed E-state index contributed by atoms with van der Waals surface area (Å²) in [5, 5.41) is 13.7. The highest BCUT2D eigenvalue weighted by atomic mass is 16.3. The molecule has 2 N–H and O–H groups in total. The van der Waals surface area contributed by atoms with Gasteiger partial charge in [-0.1, -0.05) is 34.1 Å². The Hall–Kier alpha value is -0.120. The van der Waals surface area contributed by atoms with Crippen LogP contribution in [0.3, 0.4) is 0 Å². The quantitative estimate of drug-likeness (QED) is 0.791. The molecule has 3 heteroatoms. The number of hydrogen-bond acceptors (Lipinski definition) is 3. The van der Waals surface area contributed by atoms with Gasteiger partial charge >= 0.3 is 0 Å². The maximum absolute atomic E-state index is 9.97. The van der Waals surface area contributed by atoms with E-state index in [1.807, 2.05) is 0 Å². The van der Waals surface area contributed by atoms with Crippen LogP contribution in [0.1, 0.15) is 66.2 Å². The van der Waals surface area contributed by atoms with Gasteiger partial charge in [0.2, 0.25) is 0 Å². The molecule has 0 aromatic carbocycles. The molecule has 0 bridgehead atoms. The van der Waals surface area contributed by atoms with E-state index >= 15 is 0 Å². The van der Waals surface area contributed by atoms with Crippen LogP contribution in [0.2, 0.25) is 0 Å². The Morgan fingerprint density at radius 3 is 2.43 bits per heavy atom. The predicted octanol–water partition coefficient (Wildman–Crippen LogP) is 3.03. The number of nitrogens with zero attached hydrogens (tertiary/aromatic N) is 1. The summed E-state index contributed by atoms with van der Waals surface area (Å²) >= 11 is 0. The summed E-state index contributed by atoms with van der Waals surface area (Å²) in [4.78, 5) is 2.64. The van der Waals surface area contributed by atoms with Crippen LogP contribution in [-0.4, -0.2) is 47.8 Å². The summed E-state index contributed by atoms with van der Waals surface area (Å²) in [6, 6.07) is 0.452. The molecule has 0 spiro atoms. The molecule has 2 atom stereocenters. The molecule has 2 unspecified atom stereocenters. The van der Waals surface area contributed by atoms with Crippen molar-refractivity contribution in [3.05, 3.63) is 0 Å². The minimum atomic E-state index is -0.0107. The van der Waals surface area contributed by atoms with Crippen LogP contribution in [0.15, 0.2) is 0 Å². The second kappa shape index (κ2) is 6.97. The molecule has 1 aliphatic heterocycles. The van der Waals surface area contributed by atoms with Gasteiger partial charge in [0, 0.05) is 11.6 Å². The van der Waals surface area contributed by atoms with E-state index in [1.54, 1.807) is 0 Å². The molecule has 1 aliphatic carbocycles. The Bertz CT molecular complexity index is 319. The Morgan fingerprint density at radius 2 is 1.86 bits per heavy atom. The summed E-state index contributed by atoms with van der Waals surface area (Å²) in [6.45, 7) is 13.2. The average Bonchev–Trinajstić information content (AvgIpc) is 2.80. The first-order chi connectivity index (χ1) is 9.87. The maximum atomic E-state index is 9.97. The van der Waals surface area contributed by atoms with E-state index in [0.717, 1.165) is 6.42 Å². The van der Waals surface area contributed by atoms with Crippen LogP contribution < -0.4 is 5.32 Å². The van der Waals surface area contributed by atoms with Gasteiger partial charge in [-0.3, -0.25) is 0 Å². The molecule has 1 saturated carbocycles. The maximum Gasteiger partial charge on any atom is 0.0616 e. The van der Waals surface area contributed by atoms with Gasteiger partial charge in [0.25, 0.3) is 0 Å². The van der Waals surface area contributed by atoms with E-state index in [0.29, 0.717) is 24.0 Å². The molecule has 2 fully saturated rings. The lowest BCUT2D eigenvalue weighted by Crippen LogP contribution is -2.54. The van der Waals surface area contributed by atoms with E-state index < -0.39 is 0 Å². The minimum Gasteiger partial charge on any atom is -0.394 e. The predicted molar refractivity (Wildman–Crippen MR) is 89.5 cm³/mol. The topological polar surface area (TPSA) is 35.5 Å². The fourth-order valence-corrected chi connectivity index (χ4v) is 4.30. The molecule has 21 heavy (non-hydrogen) atoms. The van der Waals surface area contributed by atoms with E-state index in [1.165, 1.54) is 51.7 Å². The average molecular weight is 296 g/mol. The standard InChI is InChI=1S/C18H36N2O/c1-15(2)19-18(14-21)8-5-6-16(18)7-11-20-12-9-17(3,4)10-13-20/h15-16,19,21H,5-14H2,1-4H3. The van der Waals surface area contributed by atoms with Crippen molar-refractivity contribution in [2.75, 3.05) is 26.2 Å². The van der Waals surface area contributed by atoms with Crippen LogP contribution in [0.4, 0.5) is 0 Å². The third-order valence-corrected chi connectivity index (χ3v) is 5.82. The summed E-state index contributed by atoms with van der Waals surface area (Å²) < 4.78 is 0. The molecule has 2 aliphatic rings.